The first-order valence-corrected chi connectivity index (χ1v) is 4.39. The van der Waals surface area contributed by atoms with E-state index < -0.39 is 6.16 Å². The van der Waals surface area contributed by atoms with Crippen LogP contribution in [0.5, 0.6) is 0 Å². The molecule has 2 unspecified atom stereocenters. The Morgan fingerprint density at radius 1 is 1.00 bits per heavy atom. The van der Waals surface area contributed by atoms with Gasteiger partial charge in [0.2, 0.25) is 0 Å². The molecule has 3 heteroatoms. The van der Waals surface area contributed by atoms with Gasteiger partial charge >= 0.3 is 6.16 Å². The number of cyclic esters (lactones) is 2. The molecule has 70 valence electrons. The third kappa shape index (κ3) is 1.71. The summed E-state index contributed by atoms with van der Waals surface area (Å²) in [5.41, 5.74) is 0. The van der Waals surface area contributed by atoms with Gasteiger partial charge in [-0.3, -0.25) is 0 Å². The normalized spacial score (nSPS) is 29.3. The zero-order valence-electron chi connectivity index (χ0n) is 8.03. The molecule has 3 nitrogen and oxygen atoms in total. The first-order valence-electron chi connectivity index (χ1n) is 4.39. The molecule has 0 N–H and O–H groups in total. The van der Waals surface area contributed by atoms with Gasteiger partial charge in [0.25, 0.3) is 0 Å². The number of hydrogen-bond acceptors (Lipinski definition) is 3. The molecule has 0 saturated carbocycles. The molecular formula is C9H16O3. The molecule has 0 aromatic rings. The van der Waals surface area contributed by atoms with Crippen molar-refractivity contribution in [2.24, 2.45) is 11.8 Å². The molecule has 0 spiro atoms. The van der Waals surface area contributed by atoms with E-state index in [1.807, 2.05) is 27.7 Å². The molecule has 0 aromatic carbocycles. The number of hydrogen-bond donors (Lipinski definition) is 0. The van der Waals surface area contributed by atoms with E-state index in [4.69, 9.17) is 9.47 Å². The minimum absolute atomic E-state index is 0.0718. The van der Waals surface area contributed by atoms with E-state index in [0.29, 0.717) is 11.8 Å². The fraction of sp³-hybridized carbons (Fsp3) is 0.889. The highest BCUT2D eigenvalue weighted by Gasteiger charge is 2.40. The van der Waals surface area contributed by atoms with Crippen LogP contribution in [-0.4, -0.2) is 18.4 Å². The zero-order valence-corrected chi connectivity index (χ0v) is 8.03. The predicted octanol–water partition coefficient (Wildman–Crippen LogP) is 2.20. The molecule has 0 bridgehead atoms. The maximum atomic E-state index is 10.8. The minimum Gasteiger partial charge on any atom is -0.427 e. The number of rotatable bonds is 2. The summed E-state index contributed by atoms with van der Waals surface area (Å²) in [6.45, 7) is 8.12. The Balaban J connectivity index is 2.65. The summed E-state index contributed by atoms with van der Waals surface area (Å²) in [5.74, 6) is 0.646. The van der Waals surface area contributed by atoms with Crippen LogP contribution in [-0.2, 0) is 9.47 Å². The summed E-state index contributed by atoms with van der Waals surface area (Å²) in [7, 11) is 0. The lowest BCUT2D eigenvalue weighted by Gasteiger charge is -2.20. The summed E-state index contributed by atoms with van der Waals surface area (Å²) in [6.07, 6.45) is -0.664. The van der Waals surface area contributed by atoms with E-state index in [-0.39, 0.29) is 12.2 Å². The standard InChI is InChI=1S/C9H16O3/c1-5(2)7-8(6(3)4)12-9(10)11-7/h5-8H,1-4H3. The van der Waals surface area contributed by atoms with Gasteiger partial charge in [0.15, 0.2) is 0 Å². The van der Waals surface area contributed by atoms with Crippen LogP contribution in [0.2, 0.25) is 0 Å². The van der Waals surface area contributed by atoms with Crippen LogP contribution in [0.3, 0.4) is 0 Å². The van der Waals surface area contributed by atoms with Gasteiger partial charge in [-0.05, 0) is 11.8 Å². The lowest BCUT2D eigenvalue weighted by Crippen LogP contribution is -2.31. The maximum Gasteiger partial charge on any atom is 0.509 e. The fourth-order valence-electron chi connectivity index (χ4n) is 1.42. The summed E-state index contributed by atoms with van der Waals surface area (Å²) in [5, 5.41) is 0. The zero-order chi connectivity index (χ0) is 9.30. The van der Waals surface area contributed by atoms with Crippen LogP contribution in [0.15, 0.2) is 0 Å². The first kappa shape index (κ1) is 9.36. The van der Waals surface area contributed by atoms with Crippen LogP contribution < -0.4 is 0 Å². The average molecular weight is 172 g/mol. The van der Waals surface area contributed by atoms with Gasteiger partial charge in [-0.2, -0.15) is 0 Å². The monoisotopic (exact) mass is 172 g/mol. The van der Waals surface area contributed by atoms with Gasteiger partial charge < -0.3 is 9.47 Å². The summed E-state index contributed by atoms with van der Waals surface area (Å²) in [4.78, 5) is 10.8. The van der Waals surface area contributed by atoms with Crippen molar-refractivity contribution < 1.29 is 14.3 Å². The second-order valence-corrected chi connectivity index (χ2v) is 3.90. The molecule has 2 atom stereocenters. The quantitative estimate of drug-likeness (QED) is 0.599. The average Bonchev–Trinajstić information content (AvgIpc) is 2.31. The molecule has 12 heavy (non-hydrogen) atoms. The van der Waals surface area contributed by atoms with Crippen LogP contribution in [0.25, 0.3) is 0 Å². The van der Waals surface area contributed by atoms with Gasteiger partial charge in [0, 0.05) is 0 Å². The molecule has 0 aliphatic carbocycles. The second kappa shape index (κ2) is 3.33. The molecule has 1 aliphatic heterocycles. The Hall–Kier alpha value is -0.730. The third-order valence-corrected chi connectivity index (χ3v) is 2.10. The van der Waals surface area contributed by atoms with Crippen molar-refractivity contribution >= 4 is 6.16 Å². The van der Waals surface area contributed by atoms with E-state index in [9.17, 15) is 4.79 Å². The SMILES string of the molecule is CC(C)C1OC(=O)OC1C(C)C. The molecule has 1 saturated heterocycles. The molecular weight excluding hydrogens is 156 g/mol. The van der Waals surface area contributed by atoms with Gasteiger partial charge in [-0.15, -0.1) is 0 Å². The maximum absolute atomic E-state index is 10.8. The Morgan fingerprint density at radius 3 is 1.58 bits per heavy atom. The van der Waals surface area contributed by atoms with Crippen molar-refractivity contribution in [1.82, 2.24) is 0 Å². The van der Waals surface area contributed by atoms with Crippen LogP contribution >= 0.6 is 0 Å². The first-order chi connectivity index (χ1) is 5.52. The topological polar surface area (TPSA) is 35.5 Å². The molecule has 1 rings (SSSR count). The van der Waals surface area contributed by atoms with E-state index in [1.165, 1.54) is 0 Å². The highest BCUT2D eigenvalue weighted by molar-refractivity contribution is 5.62. The Morgan fingerprint density at radius 2 is 1.33 bits per heavy atom. The van der Waals surface area contributed by atoms with Gasteiger partial charge in [0.05, 0.1) is 0 Å². The van der Waals surface area contributed by atoms with E-state index in [2.05, 4.69) is 0 Å². The van der Waals surface area contributed by atoms with E-state index >= 15 is 0 Å². The van der Waals surface area contributed by atoms with Crippen molar-refractivity contribution in [3.8, 4) is 0 Å². The van der Waals surface area contributed by atoms with E-state index in [0.717, 1.165) is 0 Å². The lowest BCUT2D eigenvalue weighted by atomic mass is 9.94. The Bertz CT molecular complexity index is 157. The molecule has 0 amide bonds. The van der Waals surface area contributed by atoms with Crippen LogP contribution in [0.1, 0.15) is 27.7 Å². The van der Waals surface area contributed by atoms with E-state index in [1.54, 1.807) is 0 Å². The van der Waals surface area contributed by atoms with Crippen molar-refractivity contribution in [3.63, 3.8) is 0 Å². The Labute approximate surface area is 73.0 Å². The molecule has 0 radical (unpaired) electrons. The molecule has 1 aliphatic rings. The predicted molar refractivity (Wildman–Crippen MR) is 44.8 cm³/mol. The van der Waals surface area contributed by atoms with Gasteiger partial charge in [0.1, 0.15) is 12.2 Å². The number of carbonyl (C=O) groups excluding carboxylic acids is 1. The minimum atomic E-state index is -0.521. The summed E-state index contributed by atoms with van der Waals surface area (Å²) >= 11 is 0. The fourth-order valence-corrected chi connectivity index (χ4v) is 1.42. The highest BCUT2D eigenvalue weighted by Crippen LogP contribution is 2.26. The summed E-state index contributed by atoms with van der Waals surface area (Å²) in [6, 6.07) is 0. The van der Waals surface area contributed by atoms with Crippen molar-refractivity contribution in [1.29, 1.82) is 0 Å². The van der Waals surface area contributed by atoms with Crippen molar-refractivity contribution in [3.05, 3.63) is 0 Å². The van der Waals surface area contributed by atoms with Crippen LogP contribution in [0, 0.1) is 11.8 Å². The number of carbonyl (C=O) groups is 1. The largest absolute Gasteiger partial charge is 0.509 e. The third-order valence-electron chi connectivity index (χ3n) is 2.10. The lowest BCUT2D eigenvalue weighted by molar-refractivity contribution is 0.0815. The molecule has 1 fully saturated rings. The molecule has 0 aromatic heterocycles. The number of ether oxygens (including phenoxy) is 2. The van der Waals surface area contributed by atoms with Gasteiger partial charge in [-0.25, -0.2) is 4.79 Å². The van der Waals surface area contributed by atoms with Gasteiger partial charge in [-0.1, -0.05) is 27.7 Å². The molecule has 1 heterocycles. The summed E-state index contributed by atoms with van der Waals surface area (Å²) < 4.78 is 10.1. The van der Waals surface area contributed by atoms with Crippen molar-refractivity contribution in [2.45, 2.75) is 39.9 Å². The smallest absolute Gasteiger partial charge is 0.427 e. The van der Waals surface area contributed by atoms with Crippen LogP contribution in [0.4, 0.5) is 4.79 Å². The Kier molecular flexibility index (Phi) is 2.60. The van der Waals surface area contributed by atoms with Crippen molar-refractivity contribution in [2.75, 3.05) is 0 Å². The highest BCUT2D eigenvalue weighted by atomic mass is 16.8. The second-order valence-electron chi connectivity index (χ2n) is 3.90.